The van der Waals surface area contributed by atoms with Gasteiger partial charge >= 0.3 is 12.2 Å². The molecule has 5 atom stereocenters. The molecule has 4 fully saturated rings. The number of hydrogen-bond acceptors (Lipinski definition) is 6. The van der Waals surface area contributed by atoms with Crippen LogP contribution in [0.3, 0.4) is 0 Å². The first-order valence-electron chi connectivity index (χ1n) is 11.9. The van der Waals surface area contributed by atoms with Crippen LogP contribution in [-0.4, -0.2) is 76.4 Å². The molecule has 2 amide bonds. The molecule has 8 nitrogen and oxygen atoms in total. The minimum absolute atomic E-state index is 0.157. The Balaban J connectivity index is 0.000000181. The van der Waals surface area contributed by atoms with Gasteiger partial charge in [-0.05, 0) is 78.1 Å². The number of aliphatic hydroxyl groups is 1. The van der Waals surface area contributed by atoms with Gasteiger partial charge in [-0.1, -0.05) is 0 Å². The molecule has 8 heteroatoms. The first kappa shape index (κ1) is 24.8. The van der Waals surface area contributed by atoms with Crippen LogP contribution in [0.2, 0.25) is 0 Å². The average Bonchev–Trinajstić information content (AvgIpc) is 3.30. The van der Waals surface area contributed by atoms with Gasteiger partial charge in [0.15, 0.2) is 0 Å². The van der Waals surface area contributed by atoms with Crippen molar-refractivity contribution in [1.82, 2.24) is 9.80 Å². The summed E-state index contributed by atoms with van der Waals surface area (Å²) >= 11 is 0. The first-order valence-corrected chi connectivity index (χ1v) is 11.9. The van der Waals surface area contributed by atoms with Gasteiger partial charge in [0, 0.05) is 39.0 Å². The molecule has 32 heavy (non-hydrogen) atoms. The molecule has 2 saturated heterocycles. The van der Waals surface area contributed by atoms with Crippen LogP contribution < -0.4 is 0 Å². The number of carbonyl (C=O) groups excluding carboxylic acids is 3. The molecule has 2 heterocycles. The van der Waals surface area contributed by atoms with E-state index in [1.807, 2.05) is 41.5 Å². The molecule has 2 aliphatic carbocycles. The lowest BCUT2D eigenvalue weighted by Crippen LogP contribution is -2.36. The van der Waals surface area contributed by atoms with Crippen molar-refractivity contribution in [2.75, 3.05) is 26.2 Å². The van der Waals surface area contributed by atoms with Gasteiger partial charge in [-0.3, -0.25) is 4.79 Å². The summed E-state index contributed by atoms with van der Waals surface area (Å²) in [7, 11) is 0. The van der Waals surface area contributed by atoms with E-state index in [9.17, 15) is 19.5 Å². The second-order valence-electron chi connectivity index (χ2n) is 11.9. The smallest absolute Gasteiger partial charge is 0.410 e. The number of aliphatic hydroxyl groups excluding tert-OH is 1. The number of nitrogens with zero attached hydrogens (tertiary/aromatic N) is 2. The molecule has 2 aliphatic heterocycles. The van der Waals surface area contributed by atoms with Crippen molar-refractivity contribution in [3.8, 4) is 0 Å². The quantitative estimate of drug-likeness (QED) is 0.605. The van der Waals surface area contributed by atoms with Crippen LogP contribution in [-0.2, 0) is 14.3 Å². The number of amides is 2. The van der Waals surface area contributed by atoms with E-state index in [-0.39, 0.29) is 18.3 Å². The fourth-order valence-corrected chi connectivity index (χ4v) is 5.29. The van der Waals surface area contributed by atoms with Crippen molar-refractivity contribution in [1.29, 1.82) is 0 Å². The Morgan fingerprint density at radius 3 is 1.44 bits per heavy atom. The molecular formula is C24H40N2O6. The van der Waals surface area contributed by atoms with E-state index in [2.05, 4.69) is 0 Å². The standard InChI is InChI=1S/C12H21NO3.C12H19NO3/c2*1-12(2,3)16-11(15)13-6-8-4-10(14)5-9(8)7-13/h8-10,14H,4-7H2,1-3H3;8-9H,4-7H2,1-3H3/t8-,9+,10?;8-,9+. The van der Waals surface area contributed by atoms with Crippen molar-refractivity contribution in [2.45, 2.75) is 84.5 Å². The summed E-state index contributed by atoms with van der Waals surface area (Å²) in [5, 5.41) is 9.51. The molecule has 0 aromatic rings. The molecule has 2 saturated carbocycles. The SMILES string of the molecule is CC(C)(C)OC(=O)N1C[C@H]2CC(=O)C[C@H]2C1.CC(C)(C)OC(=O)N1C[C@H]2CC(O)C[C@H]2C1. The third-order valence-corrected chi connectivity index (χ3v) is 6.59. The molecule has 1 N–H and O–H groups in total. The second-order valence-corrected chi connectivity index (χ2v) is 11.9. The molecule has 182 valence electrons. The lowest BCUT2D eigenvalue weighted by atomic mass is 10.0. The van der Waals surface area contributed by atoms with E-state index in [0.717, 1.165) is 25.9 Å². The van der Waals surface area contributed by atoms with E-state index in [4.69, 9.17) is 9.47 Å². The van der Waals surface area contributed by atoms with Gasteiger partial charge in [0.05, 0.1) is 6.10 Å². The fourth-order valence-electron chi connectivity index (χ4n) is 5.29. The van der Waals surface area contributed by atoms with Crippen LogP contribution >= 0.6 is 0 Å². The number of ketones is 1. The van der Waals surface area contributed by atoms with Crippen molar-refractivity contribution >= 4 is 18.0 Å². The Morgan fingerprint density at radius 1 is 0.750 bits per heavy atom. The van der Waals surface area contributed by atoms with Gasteiger partial charge in [-0.25, -0.2) is 9.59 Å². The number of carbonyl (C=O) groups is 3. The third kappa shape index (κ3) is 6.59. The highest BCUT2D eigenvalue weighted by molar-refractivity contribution is 5.82. The average molecular weight is 453 g/mol. The minimum Gasteiger partial charge on any atom is -0.444 e. The van der Waals surface area contributed by atoms with Crippen LogP contribution in [0, 0.1) is 23.7 Å². The Labute approximate surface area is 191 Å². The summed E-state index contributed by atoms with van der Waals surface area (Å²) < 4.78 is 10.7. The molecule has 4 aliphatic rings. The summed E-state index contributed by atoms with van der Waals surface area (Å²) in [6, 6.07) is 0. The molecule has 0 spiro atoms. The number of ether oxygens (including phenoxy) is 2. The molecular weight excluding hydrogens is 412 g/mol. The molecule has 0 aromatic heterocycles. The van der Waals surface area contributed by atoms with Crippen LogP contribution in [0.4, 0.5) is 9.59 Å². The summed E-state index contributed by atoms with van der Waals surface area (Å²) in [5.74, 6) is 2.05. The van der Waals surface area contributed by atoms with Gasteiger partial charge in [-0.15, -0.1) is 0 Å². The maximum absolute atomic E-state index is 11.8. The summed E-state index contributed by atoms with van der Waals surface area (Å²) in [4.78, 5) is 38.4. The first-order chi connectivity index (χ1) is 14.7. The van der Waals surface area contributed by atoms with E-state index in [1.165, 1.54) is 0 Å². The number of fused-ring (bicyclic) bond motifs is 2. The molecule has 0 aromatic carbocycles. The number of rotatable bonds is 0. The lowest BCUT2D eigenvalue weighted by Gasteiger charge is -2.25. The number of Topliss-reactive ketones (excluding diaryl/α,β-unsaturated/α-hetero) is 1. The molecule has 1 unspecified atom stereocenters. The third-order valence-electron chi connectivity index (χ3n) is 6.59. The van der Waals surface area contributed by atoms with E-state index in [0.29, 0.717) is 55.4 Å². The summed E-state index contributed by atoms with van der Waals surface area (Å²) in [6.07, 6.45) is 2.35. The molecule has 0 bridgehead atoms. The fraction of sp³-hybridized carbons (Fsp3) is 0.875. The Kier molecular flexibility index (Phi) is 7.13. The van der Waals surface area contributed by atoms with Crippen LogP contribution in [0.5, 0.6) is 0 Å². The summed E-state index contributed by atoms with van der Waals surface area (Å²) in [6.45, 7) is 14.1. The van der Waals surface area contributed by atoms with E-state index >= 15 is 0 Å². The highest BCUT2D eigenvalue weighted by Crippen LogP contribution is 2.38. The zero-order chi connectivity index (χ0) is 23.8. The minimum atomic E-state index is -0.440. The van der Waals surface area contributed by atoms with Crippen molar-refractivity contribution in [3.05, 3.63) is 0 Å². The Morgan fingerprint density at radius 2 is 1.09 bits per heavy atom. The van der Waals surface area contributed by atoms with Crippen molar-refractivity contribution in [3.63, 3.8) is 0 Å². The van der Waals surface area contributed by atoms with Gasteiger partial charge in [-0.2, -0.15) is 0 Å². The maximum Gasteiger partial charge on any atom is 0.410 e. The van der Waals surface area contributed by atoms with E-state index < -0.39 is 11.2 Å². The number of hydrogen-bond donors (Lipinski definition) is 1. The molecule has 0 radical (unpaired) electrons. The predicted octanol–water partition coefficient (Wildman–Crippen LogP) is 3.46. The number of likely N-dealkylation sites (tertiary alicyclic amines) is 2. The van der Waals surface area contributed by atoms with Crippen molar-refractivity contribution in [2.24, 2.45) is 23.7 Å². The van der Waals surface area contributed by atoms with Gasteiger partial charge in [0.25, 0.3) is 0 Å². The topological polar surface area (TPSA) is 96.4 Å². The Bertz CT molecular complexity index is 695. The second kappa shape index (κ2) is 9.20. The normalized spacial score (nSPS) is 31.7. The monoisotopic (exact) mass is 452 g/mol. The summed E-state index contributed by atoms with van der Waals surface area (Å²) in [5.41, 5.74) is -0.862. The van der Waals surface area contributed by atoms with Crippen LogP contribution in [0.25, 0.3) is 0 Å². The van der Waals surface area contributed by atoms with Gasteiger partial charge in [0.2, 0.25) is 0 Å². The maximum atomic E-state index is 11.8. The zero-order valence-corrected chi connectivity index (χ0v) is 20.4. The van der Waals surface area contributed by atoms with E-state index in [1.54, 1.807) is 9.80 Å². The van der Waals surface area contributed by atoms with Gasteiger partial charge < -0.3 is 24.4 Å². The van der Waals surface area contributed by atoms with Crippen LogP contribution in [0.15, 0.2) is 0 Å². The van der Waals surface area contributed by atoms with Crippen molar-refractivity contribution < 1.29 is 29.0 Å². The Hall–Kier alpha value is -1.83. The highest BCUT2D eigenvalue weighted by Gasteiger charge is 2.43. The highest BCUT2D eigenvalue weighted by atomic mass is 16.6. The zero-order valence-electron chi connectivity index (χ0n) is 20.4. The largest absolute Gasteiger partial charge is 0.444 e. The lowest BCUT2D eigenvalue weighted by molar-refractivity contribution is -0.118. The molecule has 4 rings (SSSR count). The predicted molar refractivity (Wildman–Crippen MR) is 119 cm³/mol. The van der Waals surface area contributed by atoms with Gasteiger partial charge in [0.1, 0.15) is 17.0 Å². The van der Waals surface area contributed by atoms with Crippen LogP contribution in [0.1, 0.15) is 67.2 Å².